The summed E-state index contributed by atoms with van der Waals surface area (Å²) < 4.78 is 0. The van der Waals surface area contributed by atoms with Crippen LogP contribution in [0.15, 0.2) is 30.5 Å². The summed E-state index contributed by atoms with van der Waals surface area (Å²) in [5.74, 6) is -1.80. The normalized spacial score (nSPS) is 22.7. The summed E-state index contributed by atoms with van der Waals surface area (Å²) in [5.41, 5.74) is 1.53. The highest BCUT2D eigenvalue weighted by atomic mass is 16.4. The fourth-order valence-corrected chi connectivity index (χ4v) is 3.04. The first-order chi connectivity index (χ1) is 9.18. The first-order valence-electron chi connectivity index (χ1n) is 6.51. The van der Waals surface area contributed by atoms with Crippen LogP contribution in [0.2, 0.25) is 0 Å². The van der Waals surface area contributed by atoms with E-state index in [0.717, 1.165) is 17.3 Å². The largest absolute Gasteiger partial charge is 0.481 e. The molecule has 4 heteroatoms. The predicted molar refractivity (Wildman–Crippen MR) is 71.1 cm³/mol. The number of para-hydroxylation sites is 1. The van der Waals surface area contributed by atoms with E-state index in [9.17, 15) is 14.7 Å². The van der Waals surface area contributed by atoms with Gasteiger partial charge in [-0.2, -0.15) is 0 Å². The van der Waals surface area contributed by atoms with E-state index in [4.69, 9.17) is 0 Å². The van der Waals surface area contributed by atoms with Crippen molar-refractivity contribution in [2.75, 3.05) is 0 Å². The molecule has 1 aromatic heterocycles. The Labute approximate surface area is 110 Å². The highest BCUT2D eigenvalue weighted by Gasteiger charge is 2.38. The van der Waals surface area contributed by atoms with Gasteiger partial charge in [0.05, 0.1) is 5.92 Å². The van der Waals surface area contributed by atoms with Crippen LogP contribution in [0.5, 0.6) is 0 Å². The Morgan fingerprint density at radius 1 is 1.16 bits per heavy atom. The maximum Gasteiger partial charge on any atom is 0.307 e. The minimum absolute atomic E-state index is 0.0395. The first kappa shape index (κ1) is 12.0. The van der Waals surface area contributed by atoms with Gasteiger partial charge in [0, 0.05) is 28.6 Å². The molecule has 1 aromatic carbocycles. The third kappa shape index (κ3) is 1.93. The average Bonchev–Trinajstić information content (AvgIpc) is 3.05. The molecule has 0 aliphatic heterocycles. The number of H-pyrrole nitrogens is 1. The van der Waals surface area contributed by atoms with Crippen molar-refractivity contribution < 1.29 is 14.7 Å². The predicted octanol–water partition coefficient (Wildman–Crippen LogP) is 2.85. The zero-order valence-corrected chi connectivity index (χ0v) is 10.4. The van der Waals surface area contributed by atoms with Crippen molar-refractivity contribution in [1.29, 1.82) is 0 Å². The zero-order valence-electron chi connectivity index (χ0n) is 10.4. The maximum absolute atomic E-state index is 12.6. The number of nitrogens with one attached hydrogen (secondary N) is 1. The SMILES string of the molecule is O=C(O)C1CCCC1C(=O)c1c[nH]c2ccccc12. The number of ketones is 1. The number of benzene rings is 1. The van der Waals surface area contributed by atoms with Crippen LogP contribution in [0.1, 0.15) is 29.6 Å². The summed E-state index contributed by atoms with van der Waals surface area (Å²) in [4.78, 5) is 26.8. The molecule has 19 heavy (non-hydrogen) atoms. The fourth-order valence-electron chi connectivity index (χ4n) is 3.04. The van der Waals surface area contributed by atoms with Gasteiger partial charge < -0.3 is 10.1 Å². The van der Waals surface area contributed by atoms with Gasteiger partial charge in [0.15, 0.2) is 5.78 Å². The summed E-state index contributed by atoms with van der Waals surface area (Å²) in [6.45, 7) is 0. The van der Waals surface area contributed by atoms with Crippen LogP contribution in [-0.2, 0) is 4.79 Å². The number of carbonyl (C=O) groups excluding carboxylic acids is 1. The van der Waals surface area contributed by atoms with Gasteiger partial charge in [-0.15, -0.1) is 0 Å². The number of carboxylic acid groups (broad SMARTS) is 1. The second-order valence-electron chi connectivity index (χ2n) is 5.09. The van der Waals surface area contributed by atoms with Gasteiger partial charge in [-0.25, -0.2) is 0 Å². The smallest absolute Gasteiger partial charge is 0.307 e. The molecule has 0 radical (unpaired) electrons. The highest BCUT2D eigenvalue weighted by Crippen LogP contribution is 2.35. The Morgan fingerprint density at radius 2 is 1.89 bits per heavy atom. The average molecular weight is 257 g/mol. The number of aromatic amines is 1. The van der Waals surface area contributed by atoms with Crippen molar-refractivity contribution in [3.8, 4) is 0 Å². The lowest BCUT2D eigenvalue weighted by atomic mass is 9.88. The second kappa shape index (κ2) is 4.53. The van der Waals surface area contributed by atoms with Gasteiger partial charge in [0.25, 0.3) is 0 Å². The standard InChI is InChI=1S/C15H15NO3/c17-14(10-5-3-6-11(10)15(18)19)12-8-16-13-7-2-1-4-9(12)13/h1-2,4,7-8,10-11,16H,3,5-6H2,(H,18,19). The number of aliphatic carboxylic acids is 1. The third-order valence-corrected chi connectivity index (χ3v) is 4.02. The van der Waals surface area contributed by atoms with Gasteiger partial charge in [0.2, 0.25) is 0 Å². The Hall–Kier alpha value is -2.10. The van der Waals surface area contributed by atoms with Crippen LogP contribution >= 0.6 is 0 Å². The molecular weight excluding hydrogens is 242 g/mol. The number of hydrogen-bond donors (Lipinski definition) is 2. The van der Waals surface area contributed by atoms with Crippen LogP contribution in [0, 0.1) is 11.8 Å². The monoisotopic (exact) mass is 257 g/mol. The van der Waals surface area contributed by atoms with Crippen molar-refractivity contribution >= 4 is 22.7 Å². The van der Waals surface area contributed by atoms with Gasteiger partial charge in [-0.1, -0.05) is 24.6 Å². The topological polar surface area (TPSA) is 70.2 Å². The number of aromatic nitrogens is 1. The molecule has 1 saturated carbocycles. The Morgan fingerprint density at radius 3 is 2.68 bits per heavy atom. The molecule has 4 nitrogen and oxygen atoms in total. The number of carboxylic acids is 1. The molecule has 1 heterocycles. The van der Waals surface area contributed by atoms with Crippen molar-refractivity contribution in [2.45, 2.75) is 19.3 Å². The molecule has 1 aliphatic rings. The number of carbonyl (C=O) groups is 2. The van der Waals surface area contributed by atoms with E-state index in [1.165, 1.54) is 0 Å². The fraction of sp³-hybridized carbons (Fsp3) is 0.333. The number of rotatable bonds is 3. The molecule has 1 fully saturated rings. The minimum atomic E-state index is -0.851. The Kier molecular flexibility index (Phi) is 2.85. The van der Waals surface area contributed by atoms with Crippen LogP contribution in [0.3, 0.4) is 0 Å². The molecule has 0 saturated heterocycles. The van der Waals surface area contributed by atoms with Gasteiger partial charge in [-0.05, 0) is 18.9 Å². The summed E-state index contributed by atoms with van der Waals surface area (Å²) in [5, 5.41) is 10.1. The van der Waals surface area contributed by atoms with E-state index in [1.54, 1.807) is 6.20 Å². The molecular formula is C15H15NO3. The lowest BCUT2D eigenvalue weighted by molar-refractivity contribution is -0.142. The van der Waals surface area contributed by atoms with E-state index in [0.29, 0.717) is 18.4 Å². The maximum atomic E-state index is 12.6. The molecule has 2 unspecified atom stereocenters. The Balaban J connectivity index is 1.98. The molecule has 1 aliphatic carbocycles. The quantitative estimate of drug-likeness (QED) is 0.830. The van der Waals surface area contributed by atoms with E-state index < -0.39 is 11.9 Å². The van der Waals surface area contributed by atoms with Gasteiger partial charge in [-0.3, -0.25) is 9.59 Å². The minimum Gasteiger partial charge on any atom is -0.481 e. The molecule has 2 N–H and O–H groups in total. The van der Waals surface area contributed by atoms with E-state index in [2.05, 4.69) is 4.98 Å². The molecule has 0 amide bonds. The molecule has 0 bridgehead atoms. The third-order valence-electron chi connectivity index (χ3n) is 4.02. The van der Waals surface area contributed by atoms with Gasteiger partial charge in [0.1, 0.15) is 0 Å². The molecule has 0 spiro atoms. The van der Waals surface area contributed by atoms with Crippen molar-refractivity contribution in [3.63, 3.8) is 0 Å². The summed E-state index contributed by atoms with van der Waals surface area (Å²) in [6, 6.07) is 7.60. The molecule has 3 rings (SSSR count). The van der Waals surface area contributed by atoms with Crippen LogP contribution in [0.25, 0.3) is 10.9 Å². The summed E-state index contributed by atoms with van der Waals surface area (Å²) in [7, 11) is 0. The molecule has 2 atom stereocenters. The van der Waals surface area contributed by atoms with Crippen molar-refractivity contribution in [2.24, 2.45) is 11.8 Å². The summed E-state index contributed by atoms with van der Waals surface area (Å²) >= 11 is 0. The van der Waals surface area contributed by atoms with Crippen molar-refractivity contribution in [3.05, 3.63) is 36.0 Å². The summed E-state index contributed by atoms with van der Waals surface area (Å²) in [6.07, 6.45) is 3.80. The van der Waals surface area contributed by atoms with Crippen LogP contribution < -0.4 is 0 Å². The second-order valence-corrected chi connectivity index (χ2v) is 5.09. The van der Waals surface area contributed by atoms with E-state index in [-0.39, 0.29) is 11.7 Å². The van der Waals surface area contributed by atoms with E-state index in [1.807, 2.05) is 24.3 Å². The lowest BCUT2D eigenvalue weighted by Crippen LogP contribution is -2.25. The van der Waals surface area contributed by atoms with E-state index >= 15 is 0 Å². The highest BCUT2D eigenvalue weighted by molar-refractivity contribution is 6.09. The van der Waals surface area contributed by atoms with Crippen molar-refractivity contribution in [1.82, 2.24) is 4.98 Å². The Bertz CT molecular complexity index is 644. The van der Waals surface area contributed by atoms with Crippen LogP contribution in [-0.4, -0.2) is 21.8 Å². The number of Topliss-reactive ketones (excluding diaryl/α,β-unsaturated/α-hetero) is 1. The first-order valence-corrected chi connectivity index (χ1v) is 6.51. The molecule has 2 aromatic rings. The molecule has 98 valence electrons. The van der Waals surface area contributed by atoms with Crippen LogP contribution in [0.4, 0.5) is 0 Å². The zero-order chi connectivity index (χ0) is 13.4. The number of fused-ring (bicyclic) bond motifs is 1. The number of hydrogen-bond acceptors (Lipinski definition) is 2. The van der Waals surface area contributed by atoms with Gasteiger partial charge >= 0.3 is 5.97 Å². The lowest BCUT2D eigenvalue weighted by Gasteiger charge is -2.13.